The highest BCUT2D eigenvalue weighted by atomic mass is 16.6. The third-order valence-electron chi connectivity index (χ3n) is 3.62. The number of ether oxygens (including phenoxy) is 1. The molecule has 24 heavy (non-hydrogen) atoms. The number of benzene rings is 1. The Labute approximate surface area is 137 Å². The summed E-state index contributed by atoms with van der Waals surface area (Å²) in [6.45, 7) is 0.618. The number of para-hydroxylation sites is 1. The first-order chi connectivity index (χ1) is 11.6. The molecule has 1 aromatic heterocycles. The van der Waals surface area contributed by atoms with Crippen LogP contribution in [0, 0.1) is 21.4 Å². The third kappa shape index (κ3) is 3.01. The summed E-state index contributed by atoms with van der Waals surface area (Å²) < 4.78 is 5.60. The van der Waals surface area contributed by atoms with Gasteiger partial charge in [-0.3, -0.25) is 14.9 Å². The van der Waals surface area contributed by atoms with Crippen molar-refractivity contribution < 1.29 is 14.5 Å². The maximum atomic E-state index is 12.4. The number of nitriles is 1. The molecule has 1 fully saturated rings. The van der Waals surface area contributed by atoms with Gasteiger partial charge < -0.3 is 9.64 Å². The number of nitrogens with zero attached hydrogens (tertiary/aromatic N) is 4. The standard InChI is InChI=1S/C16H12N4O4/c17-8-11-5-6-18-15(7-11)24-12-9-19(10-12)16(21)13-3-1-2-4-14(13)20(22)23/h1-7,12H,9-10H2. The van der Waals surface area contributed by atoms with Crippen LogP contribution in [0.15, 0.2) is 42.6 Å². The quantitative estimate of drug-likeness (QED) is 0.626. The van der Waals surface area contributed by atoms with Crippen LogP contribution < -0.4 is 4.74 Å². The number of aromatic nitrogens is 1. The smallest absolute Gasteiger partial charge is 0.282 e. The number of pyridine rings is 1. The fraction of sp³-hybridized carbons (Fsp3) is 0.188. The molecule has 0 atom stereocenters. The highest BCUT2D eigenvalue weighted by Gasteiger charge is 2.35. The largest absolute Gasteiger partial charge is 0.471 e. The van der Waals surface area contributed by atoms with Crippen molar-refractivity contribution in [1.29, 1.82) is 5.26 Å². The molecule has 1 aliphatic rings. The second kappa shape index (κ2) is 6.34. The number of hydrogen-bond donors (Lipinski definition) is 0. The van der Waals surface area contributed by atoms with Crippen molar-refractivity contribution in [3.05, 3.63) is 63.8 Å². The molecule has 1 aromatic carbocycles. The Kier molecular flexibility index (Phi) is 4.07. The van der Waals surface area contributed by atoms with Gasteiger partial charge in [0.1, 0.15) is 11.7 Å². The molecular formula is C16H12N4O4. The monoisotopic (exact) mass is 324 g/mol. The molecule has 0 radical (unpaired) electrons. The molecule has 0 saturated carbocycles. The van der Waals surface area contributed by atoms with E-state index >= 15 is 0 Å². The van der Waals surface area contributed by atoms with Gasteiger partial charge in [0.15, 0.2) is 0 Å². The molecule has 2 heterocycles. The topological polar surface area (TPSA) is 109 Å². The Hall–Kier alpha value is -3.47. The van der Waals surface area contributed by atoms with Gasteiger partial charge in [0.2, 0.25) is 5.88 Å². The van der Waals surface area contributed by atoms with E-state index in [-0.39, 0.29) is 17.4 Å². The van der Waals surface area contributed by atoms with Crippen molar-refractivity contribution in [2.24, 2.45) is 0 Å². The first-order valence-corrected chi connectivity index (χ1v) is 7.14. The van der Waals surface area contributed by atoms with Gasteiger partial charge in [-0.25, -0.2) is 4.98 Å². The third-order valence-corrected chi connectivity index (χ3v) is 3.62. The molecule has 1 aliphatic heterocycles. The minimum atomic E-state index is -0.571. The average molecular weight is 324 g/mol. The first-order valence-electron chi connectivity index (χ1n) is 7.14. The number of amides is 1. The zero-order valence-corrected chi connectivity index (χ0v) is 12.5. The van der Waals surface area contributed by atoms with Gasteiger partial charge in [0.05, 0.1) is 29.6 Å². The van der Waals surface area contributed by atoms with Crippen LogP contribution in [-0.4, -0.2) is 39.9 Å². The summed E-state index contributed by atoms with van der Waals surface area (Å²) in [6, 6.07) is 10.9. The molecule has 1 amide bonds. The Morgan fingerprint density at radius 1 is 1.38 bits per heavy atom. The number of carbonyl (C=O) groups excluding carboxylic acids is 1. The molecule has 120 valence electrons. The van der Waals surface area contributed by atoms with Gasteiger partial charge in [-0.15, -0.1) is 0 Å². The van der Waals surface area contributed by atoms with Gasteiger partial charge in [-0.05, 0) is 12.1 Å². The van der Waals surface area contributed by atoms with Crippen LogP contribution in [0.25, 0.3) is 0 Å². The van der Waals surface area contributed by atoms with E-state index in [2.05, 4.69) is 4.98 Å². The van der Waals surface area contributed by atoms with E-state index in [9.17, 15) is 14.9 Å². The van der Waals surface area contributed by atoms with Gasteiger partial charge in [0.25, 0.3) is 11.6 Å². The molecule has 8 nitrogen and oxygen atoms in total. The number of carbonyl (C=O) groups is 1. The summed E-state index contributed by atoms with van der Waals surface area (Å²) in [7, 11) is 0. The van der Waals surface area contributed by atoms with Crippen molar-refractivity contribution in [3.63, 3.8) is 0 Å². The average Bonchev–Trinajstić information content (AvgIpc) is 2.57. The number of hydrogen-bond acceptors (Lipinski definition) is 6. The Bertz CT molecular complexity index is 840. The lowest BCUT2D eigenvalue weighted by atomic mass is 10.1. The molecule has 2 aromatic rings. The summed E-state index contributed by atoms with van der Waals surface area (Å²) in [5.41, 5.74) is 0.285. The van der Waals surface area contributed by atoms with Crippen LogP contribution >= 0.6 is 0 Å². The Morgan fingerprint density at radius 2 is 2.12 bits per heavy atom. The van der Waals surface area contributed by atoms with E-state index in [1.165, 1.54) is 35.4 Å². The fourth-order valence-electron chi connectivity index (χ4n) is 2.38. The van der Waals surface area contributed by atoms with Crippen LogP contribution in [0.1, 0.15) is 15.9 Å². The van der Waals surface area contributed by atoms with Crippen LogP contribution in [0.3, 0.4) is 0 Å². The van der Waals surface area contributed by atoms with Crippen LogP contribution in [-0.2, 0) is 0 Å². The van der Waals surface area contributed by atoms with E-state index in [0.717, 1.165) is 0 Å². The van der Waals surface area contributed by atoms with Gasteiger partial charge in [0, 0.05) is 18.3 Å². The van der Waals surface area contributed by atoms with E-state index < -0.39 is 10.8 Å². The van der Waals surface area contributed by atoms with Crippen molar-refractivity contribution in [1.82, 2.24) is 9.88 Å². The van der Waals surface area contributed by atoms with E-state index in [4.69, 9.17) is 10.00 Å². The minimum Gasteiger partial charge on any atom is -0.471 e. The SMILES string of the molecule is N#Cc1ccnc(OC2CN(C(=O)c3ccccc3[N+](=O)[O-])C2)c1. The Balaban J connectivity index is 1.63. The van der Waals surface area contributed by atoms with E-state index in [1.54, 1.807) is 12.1 Å². The normalized spacial score (nSPS) is 13.7. The minimum absolute atomic E-state index is 0.0607. The summed E-state index contributed by atoms with van der Waals surface area (Å²) in [5, 5.41) is 19.8. The second-order valence-corrected chi connectivity index (χ2v) is 5.22. The van der Waals surface area contributed by atoms with Gasteiger partial charge >= 0.3 is 0 Å². The van der Waals surface area contributed by atoms with Crippen LogP contribution in [0.5, 0.6) is 5.88 Å². The van der Waals surface area contributed by atoms with Crippen molar-refractivity contribution in [3.8, 4) is 11.9 Å². The maximum Gasteiger partial charge on any atom is 0.282 e. The molecule has 8 heteroatoms. The van der Waals surface area contributed by atoms with Crippen molar-refractivity contribution >= 4 is 11.6 Å². The second-order valence-electron chi connectivity index (χ2n) is 5.22. The van der Waals surface area contributed by atoms with Crippen molar-refractivity contribution in [2.45, 2.75) is 6.10 Å². The summed E-state index contributed by atoms with van der Waals surface area (Å²) in [5.74, 6) is -0.0854. The predicted molar refractivity (Wildman–Crippen MR) is 82.4 cm³/mol. The predicted octanol–water partition coefficient (Wildman–Crippen LogP) is 1.76. The van der Waals surface area contributed by atoms with Crippen LogP contribution in [0.4, 0.5) is 5.69 Å². The number of likely N-dealkylation sites (tertiary alicyclic amines) is 1. The Morgan fingerprint density at radius 3 is 2.83 bits per heavy atom. The molecule has 1 saturated heterocycles. The molecule has 0 bridgehead atoms. The summed E-state index contributed by atoms with van der Waals surface area (Å²) in [6.07, 6.45) is 1.22. The lowest BCUT2D eigenvalue weighted by Gasteiger charge is -2.38. The molecule has 0 aliphatic carbocycles. The maximum absolute atomic E-state index is 12.4. The molecule has 0 spiro atoms. The fourth-order valence-corrected chi connectivity index (χ4v) is 2.38. The number of rotatable bonds is 4. The summed E-state index contributed by atoms with van der Waals surface area (Å²) >= 11 is 0. The van der Waals surface area contributed by atoms with Gasteiger partial charge in [-0.2, -0.15) is 5.26 Å². The zero-order valence-electron chi connectivity index (χ0n) is 12.5. The van der Waals surface area contributed by atoms with Crippen LogP contribution in [0.2, 0.25) is 0 Å². The zero-order chi connectivity index (χ0) is 17.1. The molecule has 0 N–H and O–H groups in total. The summed E-state index contributed by atoms with van der Waals surface area (Å²) in [4.78, 5) is 28.3. The number of nitro groups is 1. The van der Waals surface area contributed by atoms with E-state index in [1.807, 2.05) is 6.07 Å². The lowest BCUT2D eigenvalue weighted by molar-refractivity contribution is -0.385. The van der Waals surface area contributed by atoms with Gasteiger partial charge in [-0.1, -0.05) is 12.1 Å². The van der Waals surface area contributed by atoms with E-state index in [0.29, 0.717) is 24.5 Å². The lowest BCUT2D eigenvalue weighted by Crippen LogP contribution is -2.56. The number of nitro benzene ring substituents is 1. The highest BCUT2D eigenvalue weighted by Crippen LogP contribution is 2.23. The van der Waals surface area contributed by atoms with Crippen molar-refractivity contribution in [2.75, 3.05) is 13.1 Å². The molecular weight excluding hydrogens is 312 g/mol. The highest BCUT2D eigenvalue weighted by molar-refractivity contribution is 5.98. The first kappa shape index (κ1) is 15.4. The molecule has 0 unspecified atom stereocenters. The molecule has 3 rings (SSSR count).